The van der Waals surface area contributed by atoms with Crippen LogP contribution in [0.3, 0.4) is 0 Å². The molecule has 1 aliphatic rings. The Morgan fingerprint density at radius 1 is 1.19 bits per heavy atom. The second-order valence-electron chi connectivity index (χ2n) is 6.64. The number of carbonyl (C=O) groups is 1. The van der Waals surface area contributed by atoms with Crippen LogP contribution in [-0.4, -0.2) is 45.4 Å². The number of hydrogen-bond donors (Lipinski definition) is 1. The van der Waals surface area contributed by atoms with Crippen molar-refractivity contribution in [3.05, 3.63) is 65.5 Å². The fourth-order valence-corrected chi connectivity index (χ4v) is 4.12. The van der Waals surface area contributed by atoms with Gasteiger partial charge in [-0.1, -0.05) is 0 Å². The number of amides is 1. The minimum Gasteiger partial charge on any atom is -0.379 e. The van der Waals surface area contributed by atoms with Crippen molar-refractivity contribution in [1.82, 2.24) is 14.9 Å². The van der Waals surface area contributed by atoms with Gasteiger partial charge in [-0.25, -0.2) is 9.97 Å². The molecule has 138 valence electrons. The van der Waals surface area contributed by atoms with E-state index in [1.165, 1.54) is 0 Å². The minimum atomic E-state index is 0.132. The van der Waals surface area contributed by atoms with E-state index in [-0.39, 0.29) is 5.91 Å². The van der Waals surface area contributed by atoms with E-state index in [9.17, 15) is 4.79 Å². The lowest BCUT2D eigenvalue weighted by Gasteiger charge is -2.26. The van der Waals surface area contributed by atoms with Crippen molar-refractivity contribution in [2.24, 2.45) is 0 Å². The number of nitrogens with one attached hydrogen (secondary N) is 1. The average molecular weight is 379 g/mol. The molecule has 1 aromatic carbocycles. The monoisotopic (exact) mass is 378 g/mol. The number of aryl methyl sites for hydroxylation is 1. The molecule has 0 radical (unpaired) electrons. The minimum absolute atomic E-state index is 0.132. The summed E-state index contributed by atoms with van der Waals surface area (Å²) in [5.74, 6) is 2.18. The molecule has 0 aliphatic carbocycles. The maximum atomic E-state index is 12.6. The van der Waals surface area contributed by atoms with Gasteiger partial charge in [-0.2, -0.15) is 11.8 Å². The number of anilines is 1. The maximum absolute atomic E-state index is 12.6. The lowest BCUT2D eigenvalue weighted by Crippen LogP contribution is -2.37. The molecule has 1 N–H and O–H groups in total. The van der Waals surface area contributed by atoms with Gasteiger partial charge in [0.05, 0.1) is 12.2 Å². The summed E-state index contributed by atoms with van der Waals surface area (Å²) in [5.41, 5.74) is 4.54. The van der Waals surface area contributed by atoms with Crippen LogP contribution in [0.1, 0.15) is 21.6 Å². The summed E-state index contributed by atoms with van der Waals surface area (Å²) >= 11 is 1.91. The van der Waals surface area contributed by atoms with E-state index < -0.39 is 0 Å². The van der Waals surface area contributed by atoms with Gasteiger partial charge in [-0.3, -0.25) is 4.79 Å². The summed E-state index contributed by atoms with van der Waals surface area (Å²) in [6.45, 7) is 4.32. The summed E-state index contributed by atoms with van der Waals surface area (Å²) in [6.07, 6.45) is 1.76. The topological polar surface area (TPSA) is 58.1 Å². The SMILES string of the molecule is Cc1cc(C(=O)N2CCSCC2)ccc1NCc1ccc2cccnc2n1. The first kappa shape index (κ1) is 17.8. The van der Waals surface area contributed by atoms with E-state index >= 15 is 0 Å². The number of nitrogens with zero attached hydrogens (tertiary/aromatic N) is 3. The van der Waals surface area contributed by atoms with Crippen LogP contribution in [0.2, 0.25) is 0 Å². The van der Waals surface area contributed by atoms with Crippen molar-refractivity contribution >= 4 is 34.4 Å². The molecule has 0 unspecified atom stereocenters. The molecular weight excluding hydrogens is 356 g/mol. The Bertz CT molecular complexity index is 969. The Labute approximate surface area is 163 Å². The number of rotatable bonds is 4. The lowest BCUT2D eigenvalue weighted by atomic mass is 10.1. The van der Waals surface area contributed by atoms with Crippen molar-refractivity contribution < 1.29 is 4.79 Å². The Kier molecular flexibility index (Phi) is 5.25. The third-order valence-corrected chi connectivity index (χ3v) is 5.70. The summed E-state index contributed by atoms with van der Waals surface area (Å²) in [5, 5.41) is 4.46. The zero-order valence-electron chi connectivity index (χ0n) is 15.3. The highest BCUT2D eigenvalue weighted by atomic mass is 32.2. The van der Waals surface area contributed by atoms with Gasteiger partial charge in [0.25, 0.3) is 5.91 Å². The van der Waals surface area contributed by atoms with Gasteiger partial charge >= 0.3 is 0 Å². The molecule has 27 heavy (non-hydrogen) atoms. The number of benzene rings is 1. The Morgan fingerprint density at radius 2 is 2.04 bits per heavy atom. The highest BCUT2D eigenvalue weighted by Crippen LogP contribution is 2.20. The van der Waals surface area contributed by atoms with Crippen molar-refractivity contribution in [2.75, 3.05) is 29.9 Å². The van der Waals surface area contributed by atoms with Crippen molar-refractivity contribution in [3.63, 3.8) is 0 Å². The van der Waals surface area contributed by atoms with Crippen LogP contribution in [0.4, 0.5) is 5.69 Å². The molecule has 1 aliphatic heterocycles. The number of aromatic nitrogens is 2. The van der Waals surface area contributed by atoms with Gasteiger partial charge in [0, 0.05) is 47.4 Å². The third-order valence-electron chi connectivity index (χ3n) is 4.75. The van der Waals surface area contributed by atoms with Crippen LogP contribution in [0.5, 0.6) is 0 Å². The summed E-state index contributed by atoms with van der Waals surface area (Å²) in [6, 6.07) is 13.8. The molecule has 0 atom stereocenters. The average Bonchev–Trinajstić information content (AvgIpc) is 2.73. The number of carbonyl (C=O) groups excluding carboxylic acids is 1. The van der Waals surface area contributed by atoms with Crippen molar-refractivity contribution in [2.45, 2.75) is 13.5 Å². The first-order valence-corrected chi connectivity index (χ1v) is 10.3. The van der Waals surface area contributed by atoms with E-state index in [1.54, 1.807) is 6.20 Å². The number of hydrogen-bond acceptors (Lipinski definition) is 5. The Balaban J connectivity index is 1.45. The standard InChI is InChI=1S/C21H22N4OS/c1-15-13-17(21(26)25-9-11-27-12-10-25)5-7-19(15)23-14-18-6-4-16-3-2-8-22-20(16)24-18/h2-8,13,23H,9-12,14H2,1H3. The van der Waals surface area contributed by atoms with E-state index in [1.807, 2.05) is 66.1 Å². The van der Waals surface area contributed by atoms with E-state index in [0.29, 0.717) is 6.54 Å². The van der Waals surface area contributed by atoms with Crippen LogP contribution >= 0.6 is 11.8 Å². The third kappa shape index (κ3) is 4.06. The van der Waals surface area contributed by atoms with Crippen LogP contribution in [0, 0.1) is 6.92 Å². The van der Waals surface area contributed by atoms with Crippen LogP contribution < -0.4 is 5.32 Å². The second-order valence-corrected chi connectivity index (χ2v) is 7.87. The fraction of sp³-hybridized carbons (Fsp3) is 0.286. The van der Waals surface area contributed by atoms with Gasteiger partial charge in [0.15, 0.2) is 5.65 Å². The molecule has 5 nitrogen and oxygen atoms in total. The summed E-state index contributed by atoms with van der Waals surface area (Å²) in [4.78, 5) is 23.5. The molecule has 1 fully saturated rings. The smallest absolute Gasteiger partial charge is 0.253 e. The fourth-order valence-electron chi connectivity index (χ4n) is 3.22. The van der Waals surface area contributed by atoms with Crippen molar-refractivity contribution in [1.29, 1.82) is 0 Å². The Hall–Kier alpha value is -2.60. The second kappa shape index (κ2) is 7.96. The molecule has 0 saturated carbocycles. The zero-order chi connectivity index (χ0) is 18.6. The molecule has 0 bridgehead atoms. The molecule has 4 rings (SSSR count). The molecule has 3 aromatic rings. The van der Waals surface area contributed by atoms with E-state index in [0.717, 1.165) is 58.1 Å². The van der Waals surface area contributed by atoms with Gasteiger partial charge in [-0.15, -0.1) is 0 Å². The lowest BCUT2D eigenvalue weighted by molar-refractivity contribution is 0.0772. The predicted molar refractivity (Wildman–Crippen MR) is 111 cm³/mol. The quantitative estimate of drug-likeness (QED) is 0.749. The predicted octanol–water partition coefficient (Wildman–Crippen LogP) is 3.74. The van der Waals surface area contributed by atoms with Crippen LogP contribution in [0.15, 0.2) is 48.7 Å². The largest absolute Gasteiger partial charge is 0.379 e. The maximum Gasteiger partial charge on any atom is 0.253 e. The van der Waals surface area contributed by atoms with Gasteiger partial charge in [0.1, 0.15) is 0 Å². The normalized spacial score (nSPS) is 14.3. The van der Waals surface area contributed by atoms with Crippen molar-refractivity contribution in [3.8, 4) is 0 Å². The number of pyridine rings is 2. The number of fused-ring (bicyclic) bond motifs is 1. The first-order chi connectivity index (χ1) is 13.2. The molecule has 3 heterocycles. The van der Waals surface area contributed by atoms with Gasteiger partial charge < -0.3 is 10.2 Å². The molecule has 2 aromatic heterocycles. The number of thioether (sulfide) groups is 1. The van der Waals surface area contributed by atoms with Crippen LogP contribution in [0.25, 0.3) is 11.0 Å². The van der Waals surface area contributed by atoms with E-state index in [2.05, 4.69) is 15.3 Å². The molecule has 1 amide bonds. The Morgan fingerprint density at radius 3 is 2.85 bits per heavy atom. The van der Waals surface area contributed by atoms with Gasteiger partial charge in [-0.05, 0) is 55.0 Å². The molecule has 0 spiro atoms. The zero-order valence-corrected chi connectivity index (χ0v) is 16.1. The highest BCUT2D eigenvalue weighted by Gasteiger charge is 2.18. The summed E-state index contributed by atoms with van der Waals surface area (Å²) < 4.78 is 0. The first-order valence-electron chi connectivity index (χ1n) is 9.13. The van der Waals surface area contributed by atoms with Crippen LogP contribution in [-0.2, 0) is 6.54 Å². The molecule has 1 saturated heterocycles. The van der Waals surface area contributed by atoms with Gasteiger partial charge in [0.2, 0.25) is 0 Å². The summed E-state index contributed by atoms with van der Waals surface area (Å²) in [7, 11) is 0. The highest BCUT2D eigenvalue weighted by molar-refractivity contribution is 7.99. The molecular formula is C21H22N4OS. The van der Waals surface area contributed by atoms with E-state index in [4.69, 9.17) is 0 Å². The molecule has 6 heteroatoms.